The number of carbonyl (C=O) groups excluding carboxylic acids is 1. The molecule has 2 aliphatic carbocycles. The van der Waals surface area contributed by atoms with E-state index in [4.69, 9.17) is 4.42 Å². The third kappa shape index (κ3) is 4.04. The normalized spacial score (nSPS) is 17.1. The molecule has 132 valence electrons. The van der Waals surface area contributed by atoms with E-state index in [9.17, 15) is 13.6 Å². The fourth-order valence-corrected chi connectivity index (χ4v) is 2.77. The maximum absolute atomic E-state index is 13.9. The van der Waals surface area contributed by atoms with Gasteiger partial charge < -0.3 is 9.73 Å². The molecule has 1 heterocycles. The lowest BCUT2D eigenvalue weighted by atomic mass is 10.2. The quantitative estimate of drug-likeness (QED) is 0.836. The first-order valence-electron chi connectivity index (χ1n) is 8.52. The lowest BCUT2D eigenvalue weighted by Gasteiger charge is -2.20. The first-order valence-corrected chi connectivity index (χ1v) is 8.52. The summed E-state index contributed by atoms with van der Waals surface area (Å²) in [5.74, 6) is -0.934. The molecule has 2 saturated carbocycles. The van der Waals surface area contributed by atoms with Crippen LogP contribution in [0.4, 0.5) is 8.78 Å². The number of hydrogen-bond donors (Lipinski definition) is 1. The molecule has 25 heavy (non-hydrogen) atoms. The Morgan fingerprint density at radius 1 is 1.24 bits per heavy atom. The van der Waals surface area contributed by atoms with E-state index in [1.165, 1.54) is 18.4 Å². The molecule has 1 amide bonds. The predicted molar refractivity (Wildman–Crippen MR) is 85.6 cm³/mol. The minimum atomic E-state index is -0.585. The van der Waals surface area contributed by atoms with E-state index < -0.39 is 11.6 Å². The van der Waals surface area contributed by atoms with Crippen LogP contribution in [0.1, 0.15) is 47.6 Å². The highest BCUT2D eigenvalue weighted by molar-refractivity contribution is 5.92. The molecule has 4 rings (SSSR count). The molecular formula is C18H19F2N3O2. The minimum absolute atomic E-state index is 0.222. The van der Waals surface area contributed by atoms with Gasteiger partial charge in [0.15, 0.2) is 5.69 Å². The number of aromatic nitrogens is 1. The van der Waals surface area contributed by atoms with Crippen LogP contribution in [0, 0.1) is 11.6 Å². The van der Waals surface area contributed by atoms with Crippen molar-refractivity contribution in [2.75, 3.05) is 0 Å². The van der Waals surface area contributed by atoms with Gasteiger partial charge in [-0.05, 0) is 31.7 Å². The highest BCUT2D eigenvalue weighted by atomic mass is 19.1. The topological polar surface area (TPSA) is 58.4 Å². The summed E-state index contributed by atoms with van der Waals surface area (Å²) in [6, 6.07) is 4.21. The van der Waals surface area contributed by atoms with Gasteiger partial charge >= 0.3 is 0 Å². The molecule has 0 radical (unpaired) electrons. The highest BCUT2D eigenvalue weighted by Gasteiger charge is 2.31. The highest BCUT2D eigenvalue weighted by Crippen LogP contribution is 2.30. The molecule has 0 saturated heterocycles. The van der Waals surface area contributed by atoms with Gasteiger partial charge in [0.25, 0.3) is 5.91 Å². The SMILES string of the molecule is O=C(NC1CC1)c1coc(CN(Cc2ccc(F)cc2F)C2CC2)n1. The van der Waals surface area contributed by atoms with Gasteiger partial charge in [0.1, 0.15) is 17.9 Å². The molecule has 1 aromatic heterocycles. The van der Waals surface area contributed by atoms with Crippen molar-refractivity contribution in [2.24, 2.45) is 0 Å². The fourth-order valence-electron chi connectivity index (χ4n) is 2.77. The summed E-state index contributed by atoms with van der Waals surface area (Å²) >= 11 is 0. The summed E-state index contributed by atoms with van der Waals surface area (Å²) in [5.41, 5.74) is 0.706. The standard InChI is InChI=1S/C18H19F2N3O2/c19-12-2-1-11(15(20)7-12)8-23(14-5-6-14)9-17-22-16(10-25-17)18(24)21-13-3-4-13/h1-2,7,10,13-14H,3-6,8-9H2,(H,21,24). The van der Waals surface area contributed by atoms with E-state index in [0.29, 0.717) is 30.6 Å². The molecular weight excluding hydrogens is 328 g/mol. The third-order valence-corrected chi connectivity index (χ3v) is 4.49. The molecule has 0 spiro atoms. The number of hydrogen-bond acceptors (Lipinski definition) is 4. The fraction of sp³-hybridized carbons (Fsp3) is 0.444. The predicted octanol–water partition coefficient (Wildman–Crippen LogP) is 3.01. The molecule has 0 bridgehead atoms. The van der Waals surface area contributed by atoms with E-state index in [2.05, 4.69) is 10.3 Å². The molecule has 5 nitrogen and oxygen atoms in total. The number of benzene rings is 1. The van der Waals surface area contributed by atoms with Crippen LogP contribution in [0.2, 0.25) is 0 Å². The minimum Gasteiger partial charge on any atom is -0.447 e. The van der Waals surface area contributed by atoms with Crippen molar-refractivity contribution in [3.63, 3.8) is 0 Å². The summed E-state index contributed by atoms with van der Waals surface area (Å²) < 4.78 is 32.4. The number of nitrogens with zero attached hydrogens (tertiary/aromatic N) is 2. The Labute approximate surface area is 144 Å². The second-order valence-electron chi connectivity index (χ2n) is 6.75. The molecule has 7 heteroatoms. The lowest BCUT2D eigenvalue weighted by molar-refractivity contribution is 0.0946. The Bertz CT molecular complexity index is 784. The molecule has 1 N–H and O–H groups in total. The second-order valence-corrected chi connectivity index (χ2v) is 6.75. The summed E-state index contributed by atoms with van der Waals surface area (Å²) in [4.78, 5) is 18.3. The Hall–Kier alpha value is -2.28. The molecule has 2 aliphatic rings. The number of amides is 1. The smallest absolute Gasteiger partial charge is 0.273 e. The van der Waals surface area contributed by atoms with Crippen molar-refractivity contribution >= 4 is 5.91 Å². The van der Waals surface area contributed by atoms with Crippen LogP contribution in [0.25, 0.3) is 0 Å². The van der Waals surface area contributed by atoms with E-state index in [-0.39, 0.29) is 17.6 Å². The monoisotopic (exact) mass is 347 g/mol. The van der Waals surface area contributed by atoms with Gasteiger partial charge in [0.05, 0.1) is 6.54 Å². The number of nitrogens with one attached hydrogen (secondary N) is 1. The summed E-state index contributed by atoms with van der Waals surface area (Å²) in [6.45, 7) is 0.737. The van der Waals surface area contributed by atoms with Gasteiger partial charge in [-0.25, -0.2) is 13.8 Å². The van der Waals surface area contributed by atoms with Crippen LogP contribution in [0.5, 0.6) is 0 Å². The molecule has 0 aliphatic heterocycles. The maximum Gasteiger partial charge on any atom is 0.273 e. The Kier molecular flexibility index (Phi) is 4.25. The van der Waals surface area contributed by atoms with E-state index in [1.54, 1.807) is 0 Å². The average molecular weight is 347 g/mol. The first-order chi connectivity index (χ1) is 12.1. The lowest BCUT2D eigenvalue weighted by Crippen LogP contribution is -2.27. The van der Waals surface area contributed by atoms with Crippen molar-refractivity contribution in [3.05, 3.63) is 53.2 Å². The largest absolute Gasteiger partial charge is 0.447 e. The molecule has 2 fully saturated rings. The summed E-state index contributed by atoms with van der Waals surface area (Å²) in [7, 11) is 0. The van der Waals surface area contributed by atoms with Crippen LogP contribution in [-0.4, -0.2) is 27.9 Å². The number of rotatable bonds is 7. The number of oxazole rings is 1. The van der Waals surface area contributed by atoms with E-state index in [0.717, 1.165) is 31.7 Å². The zero-order chi connectivity index (χ0) is 17.4. The van der Waals surface area contributed by atoms with Crippen LogP contribution in [0.3, 0.4) is 0 Å². The number of carbonyl (C=O) groups is 1. The zero-order valence-corrected chi connectivity index (χ0v) is 13.7. The van der Waals surface area contributed by atoms with Crippen molar-refractivity contribution in [2.45, 2.75) is 50.9 Å². The maximum atomic E-state index is 13.9. The van der Waals surface area contributed by atoms with Crippen LogP contribution < -0.4 is 5.32 Å². The van der Waals surface area contributed by atoms with Crippen LogP contribution in [0.15, 0.2) is 28.9 Å². The van der Waals surface area contributed by atoms with Gasteiger partial charge in [-0.2, -0.15) is 0 Å². The molecule has 0 unspecified atom stereocenters. The number of halogens is 2. The van der Waals surface area contributed by atoms with Crippen LogP contribution >= 0.6 is 0 Å². The van der Waals surface area contributed by atoms with Crippen molar-refractivity contribution in [1.82, 2.24) is 15.2 Å². The van der Waals surface area contributed by atoms with Gasteiger partial charge in [-0.1, -0.05) is 6.07 Å². The Morgan fingerprint density at radius 3 is 2.72 bits per heavy atom. The summed E-state index contributed by atoms with van der Waals surface area (Å²) in [5, 5.41) is 2.86. The van der Waals surface area contributed by atoms with Crippen LogP contribution in [-0.2, 0) is 13.1 Å². The van der Waals surface area contributed by atoms with Gasteiger partial charge in [0, 0.05) is 30.3 Å². The molecule has 1 aromatic carbocycles. The van der Waals surface area contributed by atoms with E-state index >= 15 is 0 Å². The third-order valence-electron chi connectivity index (χ3n) is 4.49. The van der Waals surface area contributed by atoms with Crippen molar-refractivity contribution < 1.29 is 18.0 Å². The van der Waals surface area contributed by atoms with Gasteiger partial charge in [-0.3, -0.25) is 9.69 Å². The van der Waals surface area contributed by atoms with Crippen molar-refractivity contribution in [1.29, 1.82) is 0 Å². The zero-order valence-electron chi connectivity index (χ0n) is 13.7. The van der Waals surface area contributed by atoms with Crippen molar-refractivity contribution in [3.8, 4) is 0 Å². The second kappa shape index (κ2) is 6.55. The first kappa shape index (κ1) is 16.2. The Morgan fingerprint density at radius 2 is 2.04 bits per heavy atom. The van der Waals surface area contributed by atoms with Gasteiger partial charge in [-0.15, -0.1) is 0 Å². The summed E-state index contributed by atoms with van der Waals surface area (Å²) in [6.07, 6.45) is 5.43. The molecule has 2 aromatic rings. The molecule has 0 atom stereocenters. The Balaban J connectivity index is 1.43. The average Bonchev–Trinajstić information content (AvgIpc) is 3.50. The van der Waals surface area contributed by atoms with Gasteiger partial charge in [0.2, 0.25) is 5.89 Å². The van der Waals surface area contributed by atoms with E-state index in [1.807, 2.05) is 4.90 Å².